The second-order valence-electron chi connectivity index (χ2n) is 4.31. The monoisotopic (exact) mass is 220 g/mol. The Morgan fingerprint density at radius 1 is 1.44 bits per heavy atom. The van der Waals surface area contributed by atoms with Crippen molar-refractivity contribution < 1.29 is 0 Å². The second kappa shape index (κ2) is 5.25. The van der Waals surface area contributed by atoms with Crippen LogP contribution in [-0.4, -0.2) is 36.4 Å². The van der Waals surface area contributed by atoms with Crippen molar-refractivity contribution >= 4 is 5.82 Å². The van der Waals surface area contributed by atoms with Gasteiger partial charge in [0.15, 0.2) is 5.82 Å². The molecule has 16 heavy (non-hydrogen) atoms. The number of aryl methyl sites for hydroxylation is 1. The number of likely N-dealkylation sites (N-methyl/N-ethyl adjacent to an activating group) is 1. The van der Waals surface area contributed by atoms with Gasteiger partial charge in [-0.3, -0.25) is 0 Å². The van der Waals surface area contributed by atoms with E-state index in [0.29, 0.717) is 6.04 Å². The first kappa shape index (κ1) is 11.3. The number of nitrogens with zero attached hydrogens (tertiary/aromatic N) is 3. The van der Waals surface area contributed by atoms with Crippen LogP contribution < -0.4 is 10.2 Å². The van der Waals surface area contributed by atoms with Crippen LogP contribution in [0.2, 0.25) is 0 Å². The van der Waals surface area contributed by atoms with Gasteiger partial charge in [0.25, 0.3) is 0 Å². The van der Waals surface area contributed by atoms with Gasteiger partial charge in [0.05, 0.1) is 5.69 Å². The van der Waals surface area contributed by atoms with E-state index in [2.05, 4.69) is 39.5 Å². The normalized spacial score (nSPS) is 21.1. The quantitative estimate of drug-likeness (QED) is 0.832. The summed E-state index contributed by atoms with van der Waals surface area (Å²) >= 11 is 0. The molecule has 4 heteroatoms. The summed E-state index contributed by atoms with van der Waals surface area (Å²) in [6.07, 6.45) is 3.43. The zero-order valence-electron chi connectivity index (χ0n) is 10.1. The van der Waals surface area contributed by atoms with Crippen molar-refractivity contribution in [2.24, 2.45) is 0 Å². The van der Waals surface area contributed by atoms with Crippen LogP contribution in [-0.2, 0) is 6.42 Å². The van der Waals surface area contributed by atoms with Crippen LogP contribution in [0.15, 0.2) is 12.1 Å². The zero-order chi connectivity index (χ0) is 11.4. The average molecular weight is 220 g/mol. The fourth-order valence-electron chi connectivity index (χ4n) is 2.13. The molecule has 0 radical (unpaired) electrons. The van der Waals surface area contributed by atoms with Gasteiger partial charge in [0.1, 0.15) is 0 Å². The third-order valence-corrected chi connectivity index (χ3v) is 3.22. The molecule has 1 unspecified atom stereocenters. The molecule has 0 aromatic carbocycles. The van der Waals surface area contributed by atoms with Crippen molar-refractivity contribution in [3.63, 3.8) is 0 Å². The first-order valence-corrected chi connectivity index (χ1v) is 6.08. The highest BCUT2D eigenvalue weighted by Crippen LogP contribution is 2.16. The maximum atomic E-state index is 4.29. The molecule has 2 rings (SSSR count). The van der Waals surface area contributed by atoms with Crippen LogP contribution in [0.25, 0.3) is 0 Å². The molecule has 0 spiro atoms. The molecule has 1 N–H and O–H groups in total. The largest absolute Gasteiger partial charge is 0.354 e. The van der Waals surface area contributed by atoms with Gasteiger partial charge < -0.3 is 10.2 Å². The number of hydrogen-bond donors (Lipinski definition) is 1. The van der Waals surface area contributed by atoms with E-state index >= 15 is 0 Å². The minimum absolute atomic E-state index is 0.585. The van der Waals surface area contributed by atoms with Crippen molar-refractivity contribution in [1.82, 2.24) is 15.5 Å². The van der Waals surface area contributed by atoms with Crippen LogP contribution in [0, 0.1) is 0 Å². The molecule has 4 nitrogen and oxygen atoms in total. The summed E-state index contributed by atoms with van der Waals surface area (Å²) in [5.41, 5.74) is 1.06. The molecule has 1 aromatic heterocycles. The Hall–Kier alpha value is -1.16. The van der Waals surface area contributed by atoms with E-state index in [4.69, 9.17) is 0 Å². The minimum Gasteiger partial charge on any atom is -0.354 e. The maximum Gasteiger partial charge on any atom is 0.151 e. The number of anilines is 1. The molecule has 0 saturated carbocycles. The number of piperidine rings is 1. The van der Waals surface area contributed by atoms with Gasteiger partial charge in [0.2, 0.25) is 0 Å². The van der Waals surface area contributed by atoms with Crippen molar-refractivity contribution in [3.05, 3.63) is 17.8 Å². The Bertz CT molecular complexity index is 322. The Morgan fingerprint density at radius 2 is 2.31 bits per heavy atom. The fourth-order valence-corrected chi connectivity index (χ4v) is 2.13. The van der Waals surface area contributed by atoms with Gasteiger partial charge in [-0.25, -0.2) is 0 Å². The average Bonchev–Trinajstić information content (AvgIpc) is 2.39. The second-order valence-corrected chi connectivity index (χ2v) is 4.31. The van der Waals surface area contributed by atoms with Gasteiger partial charge >= 0.3 is 0 Å². The Labute approximate surface area is 97.1 Å². The van der Waals surface area contributed by atoms with E-state index in [-0.39, 0.29) is 0 Å². The van der Waals surface area contributed by atoms with Crippen LogP contribution >= 0.6 is 0 Å². The highest BCUT2D eigenvalue weighted by atomic mass is 15.3. The first-order chi connectivity index (χ1) is 7.83. The predicted octanol–water partition coefficient (Wildman–Crippen LogP) is 1.23. The minimum atomic E-state index is 0.585. The van der Waals surface area contributed by atoms with Crippen molar-refractivity contribution in [2.75, 3.05) is 25.0 Å². The van der Waals surface area contributed by atoms with Gasteiger partial charge in [-0.1, -0.05) is 6.92 Å². The lowest BCUT2D eigenvalue weighted by Crippen LogP contribution is -2.44. The molecule has 0 aliphatic carbocycles. The van der Waals surface area contributed by atoms with Crippen LogP contribution in [0.3, 0.4) is 0 Å². The zero-order valence-corrected chi connectivity index (χ0v) is 10.1. The predicted molar refractivity (Wildman–Crippen MR) is 65.7 cm³/mol. The van der Waals surface area contributed by atoms with E-state index < -0.39 is 0 Å². The molecule has 2 heterocycles. The van der Waals surface area contributed by atoms with E-state index in [9.17, 15) is 0 Å². The number of rotatable bonds is 3. The standard InChI is InChI=1S/C12H20N4/c1-3-10-6-7-12(15-14-10)16-8-4-5-11(9-16)13-2/h6-7,11,13H,3-5,8-9H2,1-2H3. The molecule has 88 valence electrons. The number of hydrogen-bond acceptors (Lipinski definition) is 4. The van der Waals surface area contributed by atoms with Crippen LogP contribution in [0.4, 0.5) is 5.82 Å². The fraction of sp³-hybridized carbons (Fsp3) is 0.667. The first-order valence-electron chi connectivity index (χ1n) is 6.08. The molecule has 1 aliphatic heterocycles. The lowest BCUT2D eigenvalue weighted by molar-refractivity contribution is 0.447. The summed E-state index contributed by atoms with van der Waals surface area (Å²) < 4.78 is 0. The van der Waals surface area contributed by atoms with Crippen LogP contribution in [0.1, 0.15) is 25.5 Å². The molecule has 1 aromatic rings. The van der Waals surface area contributed by atoms with E-state index in [1.807, 2.05) is 7.05 Å². The molecule has 0 amide bonds. The SMILES string of the molecule is CCc1ccc(N2CCCC(NC)C2)nn1. The third-order valence-electron chi connectivity index (χ3n) is 3.22. The summed E-state index contributed by atoms with van der Waals surface area (Å²) in [7, 11) is 2.03. The van der Waals surface area contributed by atoms with Gasteiger partial charge in [0, 0.05) is 19.1 Å². The number of aromatic nitrogens is 2. The molecule has 0 bridgehead atoms. The maximum absolute atomic E-state index is 4.29. The summed E-state index contributed by atoms with van der Waals surface area (Å²) in [6, 6.07) is 4.75. The molecule has 1 saturated heterocycles. The molecular formula is C12H20N4. The van der Waals surface area contributed by atoms with Crippen LogP contribution in [0.5, 0.6) is 0 Å². The molecular weight excluding hydrogens is 200 g/mol. The Kier molecular flexibility index (Phi) is 3.72. The van der Waals surface area contributed by atoms with E-state index in [1.54, 1.807) is 0 Å². The van der Waals surface area contributed by atoms with Crippen molar-refractivity contribution in [3.8, 4) is 0 Å². The molecule has 1 aliphatic rings. The summed E-state index contributed by atoms with van der Waals surface area (Å²) in [5.74, 6) is 1.01. The highest BCUT2D eigenvalue weighted by molar-refractivity contribution is 5.38. The van der Waals surface area contributed by atoms with Crippen molar-refractivity contribution in [2.45, 2.75) is 32.2 Å². The molecule has 1 atom stereocenters. The lowest BCUT2D eigenvalue weighted by Gasteiger charge is -2.33. The third kappa shape index (κ3) is 2.50. The summed E-state index contributed by atoms with van der Waals surface area (Å²) in [6.45, 7) is 4.23. The van der Waals surface area contributed by atoms with Gasteiger partial charge in [-0.05, 0) is 38.4 Å². The summed E-state index contributed by atoms with van der Waals surface area (Å²) in [4.78, 5) is 2.32. The summed E-state index contributed by atoms with van der Waals surface area (Å²) in [5, 5.41) is 11.8. The van der Waals surface area contributed by atoms with E-state index in [1.165, 1.54) is 12.8 Å². The van der Waals surface area contributed by atoms with Gasteiger partial charge in [-0.2, -0.15) is 5.10 Å². The Balaban J connectivity index is 2.05. The number of nitrogens with one attached hydrogen (secondary N) is 1. The van der Waals surface area contributed by atoms with Crippen molar-refractivity contribution in [1.29, 1.82) is 0 Å². The topological polar surface area (TPSA) is 41.0 Å². The van der Waals surface area contributed by atoms with E-state index in [0.717, 1.165) is 31.0 Å². The van der Waals surface area contributed by atoms with Gasteiger partial charge in [-0.15, -0.1) is 5.10 Å². The Morgan fingerprint density at radius 3 is 2.94 bits per heavy atom. The smallest absolute Gasteiger partial charge is 0.151 e. The molecule has 1 fully saturated rings. The highest BCUT2D eigenvalue weighted by Gasteiger charge is 2.19. The lowest BCUT2D eigenvalue weighted by atomic mass is 10.1.